The first-order valence-corrected chi connectivity index (χ1v) is 5.35. The number of H-pyrrole nitrogens is 1. The number of rotatable bonds is 2. The highest BCUT2D eigenvalue weighted by atomic mass is 16.6. The van der Waals surface area contributed by atoms with Crippen LogP contribution in [0.15, 0.2) is 12.1 Å². The van der Waals surface area contributed by atoms with Crippen LogP contribution < -0.4 is 15.2 Å². The van der Waals surface area contributed by atoms with Crippen molar-refractivity contribution in [1.82, 2.24) is 9.97 Å². The zero-order chi connectivity index (χ0) is 11.0. The smallest absolute Gasteiger partial charge is 0.163 e. The Kier molecular flexibility index (Phi) is 2.18. The molecule has 1 aliphatic heterocycles. The van der Waals surface area contributed by atoms with Crippen molar-refractivity contribution in [1.29, 1.82) is 0 Å². The second kappa shape index (κ2) is 3.68. The zero-order valence-electron chi connectivity index (χ0n) is 8.82. The summed E-state index contributed by atoms with van der Waals surface area (Å²) in [6, 6.07) is 3.83. The van der Waals surface area contributed by atoms with Crippen molar-refractivity contribution in [3.05, 3.63) is 18.0 Å². The van der Waals surface area contributed by atoms with E-state index in [1.54, 1.807) is 0 Å². The average molecular weight is 219 g/mol. The monoisotopic (exact) mass is 219 g/mol. The summed E-state index contributed by atoms with van der Waals surface area (Å²) in [5, 5.41) is 0. The van der Waals surface area contributed by atoms with E-state index in [0.29, 0.717) is 19.8 Å². The van der Waals surface area contributed by atoms with Crippen LogP contribution in [-0.4, -0.2) is 29.7 Å². The van der Waals surface area contributed by atoms with E-state index in [1.165, 1.54) is 0 Å². The van der Waals surface area contributed by atoms with Gasteiger partial charge in [0.05, 0.1) is 11.0 Å². The van der Waals surface area contributed by atoms with Gasteiger partial charge in [-0.2, -0.15) is 0 Å². The molecule has 0 spiro atoms. The van der Waals surface area contributed by atoms with Crippen molar-refractivity contribution < 1.29 is 9.47 Å². The summed E-state index contributed by atoms with van der Waals surface area (Å²) < 4.78 is 11.0. The molecule has 1 aromatic carbocycles. The Hall–Kier alpha value is -1.75. The predicted molar refractivity (Wildman–Crippen MR) is 59.8 cm³/mol. The molecular formula is C11H13N3O2. The van der Waals surface area contributed by atoms with E-state index in [0.717, 1.165) is 34.8 Å². The van der Waals surface area contributed by atoms with Crippen molar-refractivity contribution >= 4 is 11.0 Å². The normalized spacial score (nSPS) is 14.3. The fourth-order valence-corrected chi connectivity index (χ4v) is 1.85. The van der Waals surface area contributed by atoms with Gasteiger partial charge in [-0.1, -0.05) is 0 Å². The average Bonchev–Trinajstić information content (AvgIpc) is 2.67. The van der Waals surface area contributed by atoms with Gasteiger partial charge in [-0.3, -0.25) is 0 Å². The van der Waals surface area contributed by atoms with E-state index in [9.17, 15) is 0 Å². The Morgan fingerprint density at radius 3 is 2.75 bits per heavy atom. The van der Waals surface area contributed by atoms with Gasteiger partial charge in [0.25, 0.3) is 0 Å². The third kappa shape index (κ3) is 1.49. The largest absolute Gasteiger partial charge is 0.486 e. The summed E-state index contributed by atoms with van der Waals surface area (Å²) in [6.07, 6.45) is 0.751. The highest BCUT2D eigenvalue weighted by Gasteiger charge is 2.14. The third-order valence-corrected chi connectivity index (χ3v) is 2.58. The van der Waals surface area contributed by atoms with Crippen LogP contribution >= 0.6 is 0 Å². The highest BCUT2D eigenvalue weighted by molar-refractivity contribution is 5.79. The van der Waals surface area contributed by atoms with Crippen molar-refractivity contribution in [2.75, 3.05) is 19.8 Å². The van der Waals surface area contributed by atoms with E-state index in [1.807, 2.05) is 12.1 Å². The molecule has 16 heavy (non-hydrogen) atoms. The molecule has 84 valence electrons. The fourth-order valence-electron chi connectivity index (χ4n) is 1.85. The molecule has 1 aromatic heterocycles. The summed E-state index contributed by atoms with van der Waals surface area (Å²) in [5.41, 5.74) is 7.36. The molecule has 0 amide bonds. The van der Waals surface area contributed by atoms with Crippen molar-refractivity contribution in [2.24, 2.45) is 5.73 Å². The van der Waals surface area contributed by atoms with Gasteiger partial charge < -0.3 is 20.2 Å². The summed E-state index contributed by atoms with van der Waals surface area (Å²) in [4.78, 5) is 7.66. The maximum absolute atomic E-state index is 5.50. The number of aromatic nitrogens is 2. The number of ether oxygens (including phenoxy) is 2. The molecule has 0 atom stereocenters. The Morgan fingerprint density at radius 2 is 2.00 bits per heavy atom. The number of hydrogen-bond donors (Lipinski definition) is 2. The van der Waals surface area contributed by atoms with E-state index in [-0.39, 0.29) is 0 Å². The summed E-state index contributed by atoms with van der Waals surface area (Å²) in [7, 11) is 0. The van der Waals surface area contributed by atoms with Crippen LogP contribution in [0.4, 0.5) is 0 Å². The Balaban J connectivity index is 2.09. The SMILES string of the molecule is NCCc1nc2cc3c(cc2[nH]1)OCCO3. The van der Waals surface area contributed by atoms with Crippen molar-refractivity contribution in [3.8, 4) is 11.5 Å². The molecule has 0 fully saturated rings. The number of aromatic amines is 1. The fraction of sp³-hybridized carbons (Fsp3) is 0.364. The number of nitrogens with zero attached hydrogens (tertiary/aromatic N) is 1. The number of nitrogens with two attached hydrogens (primary N) is 1. The Morgan fingerprint density at radius 1 is 1.25 bits per heavy atom. The van der Waals surface area contributed by atoms with Gasteiger partial charge in [-0.15, -0.1) is 0 Å². The van der Waals surface area contributed by atoms with Crippen LogP contribution in [0.2, 0.25) is 0 Å². The minimum atomic E-state index is 0.590. The van der Waals surface area contributed by atoms with Crippen molar-refractivity contribution in [2.45, 2.75) is 6.42 Å². The molecule has 5 nitrogen and oxygen atoms in total. The van der Waals surface area contributed by atoms with Gasteiger partial charge >= 0.3 is 0 Å². The molecule has 2 aromatic rings. The van der Waals surface area contributed by atoms with Crippen LogP contribution in [-0.2, 0) is 6.42 Å². The highest BCUT2D eigenvalue weighted by Crippen LogP contribution is 2.33. The molecule has 3 N–H and O–H groups in total. The van der Waals surface area contributed by atoms with Gasteiger partial charge in [-0.05, 0) is 6.54 Å². The second-order valence-electron chi connectivity index (χ2n) is 3.74. The van der Waals surface area contributed by atoms with E-state index >= 15 is 0 Å². The zero-order valence-corrected chi connectivity index (χ0v) is 8.82. The minimum absolute atomic E-state index is 0.590. The van der Waals surface area contributed by atoms with Gasteiger partial charge in [0.15, 0.2) is 11.5 Å². The molecule has 0 saturated carbocycles. The van der Waals surface area contributed by atoms with Crippen LogP contribution in [0, 0.1) is 0 Å². The summed E-state index contributed by atoms with van der Waals surface area (Å²) in [5.74, 6) is 2.45. The van der Waals surface area contributed by atoms with Gasteiger partial charge in [0, 0.05) is 18.6 Å². The molecule has 0 radical (unpaired) electrons. The molecule has 0 saturated heterocycles. The maximum Gasteiger partial charge on any atom is 0.163 e. The summed E-state index contributed by atoms with van der Waals surface area (Å²) in [6.45, 7) is 1.79. The standard InChI is InChI=1S/C11H13N3O2/c12-2-1-11-13-7-5-9-10(6-8(7)14-11)16-4-3-15-9/h5-6H,1-4,12H2,(H,13,14). The van der Waals surface area contributed by atoms with E-state index in [4.69, 9.17) is 15.2 Å². The van der Waals surface area contributed by atoms with Crippen molar-refractivity contribution in [3.63, 3.8) is 0 Å². The Labute approximate surface area is 92.6 Å². The molecule has 1 aliphatic rings. The lowest BCUT2D eigenvalue weighted by atomic mass is 10.2. The maximum atomic E-state index is 5.50. The lowest BCUT2D eigenvalue weighted by Gasteiger charge is -2.17. The third-order valence-electron chi connectivity index (χ3n) is 2.58. The first kappa shape index (κ1) is 9.47. The predicted octanol–water partition coefficient (Wildman–Crippen LogP) is 0.835. The molecule has 5 heteroatoms. The molecule has 0 bridgehead atoms. The first-order chi connectivity index (χ1) is 7.86. The number of benzene rings is 1. The van der Waals surface area contributed by atoms with Crippen LogP contribution in [0.25, 0.3) is 11.0 Å². The number of hydrogen-bond acceptors (Lipinski definition) is 4. The lowest BCUT2D eigenvalue weighted by molar-refractivity contribution is 0.172. The number of nitrogens with one attached hydrogen (secondary N) is 1. The van der Waals surface area contributed by atoms with Crippen LogP contribution in [0.3, 0.4) is 0 Å². The van der Waals surface area contributed by atoms with Gasteiger partial charge in [0.2, 0.25) is 0 Å². The number of fused-ring (bicyclic) bond motifs is 2. The summed E-state index contributed by atoms with van der Waals surface area (Å²) >= 11 is 0. The molecule has 0 aliphatic carbocycles. The molecule has 2 heterocycles. The Bertz CT molecular complexity index is 478. The van der Waals surface area contributed by atoms with E-state index < -0.39 is 0 Å². The molecule has 0 unspecified atom stereocenters. The first-order valence-electron chi connectivity index (χ1n) is 5.35. The van der Waals surface area contributed by atoms with Crippen LogP contribution in [0.1, 0.15) is 5.82 Å². The molecule has 3 rings (SSSR count). The second-order valence-corrected chi connectivity index (χ2v) is 3.74. The quantitative estimate of drug-likeness (QED) is 0.784. The van der Waals surface area contributed by atoms with Gasteiger partial charge in [-0.25, -0.2) is 4.98 Å². The minimum Gasteiger partial charge on any atom is -0.486 e. The van der Waals surface area contributed by atoms with E-state index in [2.05, 4.69) is 9.97 Å². The van der Waals surface area contributed by atoms with Gasteiger partial charge in [0.1, 0.15) is 19.0 Å². The number of imidazole rings is 1. The van der Waals surface area contributed by atoms with Crippen LogP contribution in [0.5, 0.6) is 11.5 Å². The topological polar surface area (TPSA) is 73.2 Å². The molecular weight excluding hydrogens is 206 g/mol. The lowest BCUT2D eigenvalue weighted by Crippen LogP contribution is -2.15.